The average molecular weight is 329 g/mol. The molecule has 1 unspecified atom stereocenters. The molecule has 0 spiro atoms. The topological polar surface area (TPSA) is 68.5 Å². The van der Waals surface area contributed by atoms with E-state index in [9.17, 15) is 9.59 Å². The van der Waals surface area contributed by atoms with Crippen molar-refractivity contribution in [3.63, 3.8) is 0 Å². The fraction of sp³-hybridized carbons (Fsp3) is 0.474. The molecule has 0 bridgehead atoms. The summed E-state index contributed by atoms with van der Waals surface area (Å²) in [6.45, 7) is 5.92. The third-order valence-corrected chi connectivity index (χ3v) is 4.55. The summed E-state index contributed by atoms with van der Waals surface area (Å²) >= 11 is 0. The van der Waals surface area contributed by atoms with Gasteiger partial charge in [-0.2, -0.15) is 0 Å². The minimum absolute atomic E-state index is 0.0831. The molecule has 2 heterocycles. The number of nitrogens with one attached hydrogen (secondary N) is 1. The van der Waals surface area contributed by atoms with E-state index >= 15 is 0 Å². The number of esters is 1. The lowest BCUT2D eigenvalue weighted by molar-refractivity contribution is -0.139. The maximum absolute atomic E-state index is 12.6. The fourth-order valence-electron chi connectivity index (χ4n) is 3.52. The Morgan fingerprint density at radius 1 is 1.33 bits per heavy atom. The highest BCUT2D eigenvalue weighted by molar-refractivity contribution is 6.03. The molecule has 2 aliphatic rings. The predicted molar refractivity (Wildman–Crippen MR) is 89.2 cm³/mol. The van der Waals surface area contributed by atoms with Gasteiger partial charge in [0.15, 0.2) is 5.78 Å². The third-order valence-electron chi connectivity index (χ3n) is 4.55. The van der Waals surface area contributed by atoms with Crippen LogP contribution in [0.3, 0.4) is 0 Å². The number of ketones is 1. The van der Waals surface area contributed by atoms with Gasteiger partial charge in [0.1, 0.15) is 11.5 Å². The SMILES string of the molecule is CCOC(=O)C1=C(CC)NC2=C(C(=O)CCC2)C1c1ccc(C)o1. The second-order valence-corrected chi connectivity index (χ2v) is 6.14. The Morgan fingerprint density at radius 3 is 2.75 bits per heavy atom. The van der Waals surface area contributed by atoms with Crippen LogP contribution in [0.25, 0.3) is 0 Å². The zero-order valence-corrected chi connectivity index (χ0v) is 14.4. The molecular weight excluding hydrogens is 306 g/mol. The minimum atomic E-state index is -0.475. The highest BCUT2D eigenvalue weighted by Gasteiger charge is 2.41. The molecule has 1 aliphatic heterocycles. The van der Waals surface area contributed by atoms with Gasteiger partial charge in [0, 0.05) is 23.4 Å². The predicted octanol–water partition coefficient (Wildman–Crippen LogP) is 3.51. The molecule has 1 aromatic rings. The molecule has 0 saturated carbocycles. The number of ether oxygens (including phenoxy) is 1. The van der Waals surface area contributed by atoms with Gasteiger partial charge in [-0.05, 0) is 45.2 Å². The van der Waals surface area contributed by atoms with E-state index in [2.05, 4.69) is 5.32 Å². The Labute approximate surface area is 141 Å². The average Bonchev–Trinajstić information content (AvgIpc) is 2.99. The molecule has 24 heavy (non-hydrogen) atoms. The molecule has 5 heteroatoms. The Balaban J connectivity index is 2.17. The second-order valence-electron chi connectivity index (χ2n) is 6.14. The number of dihydropyridines is 1. The van der Waals surface area contributed by atoms with E-state index in [1.807, 2.05) is 26.0 Å². The molecule has 1 N–H and O–H groups in total. The number of furan rings is 1. The number of rotatable bonds is 4. The normalized spacial score (nSPS) is 20.8. The summed E-state index contributed by atoms with van der Waals surface area (Å²) < 4.78 is 11.1. The van der Waals surface area contributed by atoms with Crippen LogP contribution in [0, 0.1) is 6.92 Å². The van der Waals surface area contributed by atoms with Crippen LogP contribution in [0.15, 0.2) is 39.1 Å². The zero-order chi connectivity index (χ0) is 17.3. The Bertz CT molecular complexity index is 738. The molecule has 3 rings (SSSR count). The first-order valence-corrected chi connectivity index (χ1v) is 8.56. The number of aryl methyl sites for hydroxylation is 1. The maximum Gasteiger partial charge on any atom is 0.336 e. The summed E-state index contributed by atoms with van der Waals surface area (Å²) in [7, 11) is 0. The van der Waals surface area contributed by atoms with Crippen molar-refractivity contribution in [1.82, 2.24) is 5.32 Å². The quantitative estimate of drug-likeness (QED) is 0.856. The first kappa shape index (κ1) is 16.6. The first-order chi connectivity index (χ1) is 11.6. The van der Waals surface area contributed by atoms with Crippen LogP contribution in [-0.4, -0.2) is 18.4 Å². The van der Waals surface area contributed by atoms with Gasteiger partial charge in [-0.25, -0.2) is 4.79 Å². The van der Waals surface area contributed by atoms with E-state index in [4.69, 9.17) is 9.15 Å². The van der Waals surface area contributed by atoms with Gasteiger partial charge in [0.05, 0.1) is 18.1 Å². The van der Waals surface area contributed by atoms with Gasteiger partial charge in [-0.1, -0.05) is 6.92 Å². The van der Waals surface area contributed by atoms with Gasteiger partial charge in [-0.15, -0.1) is 0 Å². The van der Waals surface area contributed by atoms with Crippen molar-refractivity contribution >= 4 is 11.8 Å². The van der Waals surface area contributed by atoms with Crippen LogP contribution in [0.2, 0.25) is 0 Å². The van der Waals surface area contributed by atoms with Crippen molar-refractivity contribution in [3.8, 4) is 0 Å². The van der Waals surface area contributed by atoms with Crippen molar-refractivity contribution in [2.24, 2.45) is 0 Å². The Kier molecular flexibility index (Phi) is 4.60. The number of allylic oxidation sites excluding steroid dienone is 3. The zero-order valence-electron chi connectivity index (χ0n) is 14.4. The van der Waals surface area contributed by atoms with Crippen LogP contribution < -0.4 is 5.32 Å². The van der Waals surface area contributed by atoms with E-state index < -0.39 is 5.92 Å². The lowest BCUT2D eigenvalue weighted by Crippen LogP contribution is -2.35. The first-order valence-electron chi connectivity index (χ1n) is 8.56. The van der Waals surface area contributed by atoms with Gasteiger partial charge in [-0.3, -0.25) is 4.79 Å². The van der Waals surface area contributed by atoms with Gasteiger partial charge >= 0.3 is 5.97 Å². The van der Waals surface area contributed by atoms with Crippen LogP contribution in [0.5, 0.6) is 0 Å². The molecule has 0 fully saturated rings. The van der Waals surface area contributed by atoms with Crippen LogP contribution in [0.1, 0.15) is 57.0 Å². The number of carbonyl (C=O) groups excluding carboxylic acids is 2. The maximum atomic E-state index is 12.6. The van der Waals surface area contributed by atoms with Crippen LogP contribution >= 0.6 is 0 Å². The number of hydrogen-bond acceptors (Lipinski definition) is 5. The molecule has 5 nitrogen and oxygen atoms in total. The third kappa shape index (κ3) is 2.79. The van der Waals surface area contributed by atoms with Crippen molar-refractivity contribution < 1.29 is 18.7 Å². The molecule has 0 radical (unpaired) electrons. The highest BCUT2D eigenvalue weighted by Crippen LogP contribution is 2.43. The van der Waals surface area contributed by atoms with E-state index in [0.29, 0.717) is 36.4 Å². The molecule has 1 aromatic heterocycles. The summed E-state index contributed by atoms with van der Waals surface area (Å²) in [6.07, 6.45) is 2.82. The lowest BCUT2D eigenvalue weighted by Gasteiger charge is -2.33. The van der Waals surface area contributed by atoms with E-state index in [-0.39, 0.29) is 11.8 Å². The molecular formula is C19H23NO4. The second kappa shape index (κ2) is 6.67. The summed E-state index contributed by atoms with van der Waals surface area (Å²) in [5.74, 6) is 0.614. The van der Waals surface area contributed by atoms with E-state index in [1.54, 1.807) is 6.92 Å². The molecule has 128 valence electrons. The lowest BCUT2D eigenvalue weighted by atomic mass is 9.77. The van der Waals surface area contributed by atoms with Crippen LogP contribution in [0.4, 0.5) is 0 Å². The smallest absolute Gasteiger partial charge is 0.336 e. The minimum Gasteiger partial charge on any atom is -0.465 e. The number of carbonyl (C=O) groups is 2. The summed E-state index contributed by atoms with van der Waals surface area (Å²) in [5.41, 5.74) is 2.91. The largest absolute Gasteiger partial charge is 0.465 e. The number of hydrogen-bond donors (Lipinski definition) is 1. The van der Waals surface area contributed by atoms with Gasteiger partial charge in [0.25, 0.3) is 0 Å². The monoisotopic (exact) mass is 329 g/mol. The van der Waals surface area contributed by atoms with E-state index in [0.717, 1.165) is 30.0 Å². The Hall–Kier alpha value is -2.30. The van der Waals surface area contributed by atoms with Gasteiger partial charge in [0.2, 0.25) is 0 Å². The number of Topliss-reactive ketones (excluding diaryl/α,β-unsaturated/α-hetero) is 1. The summed E-state index contributed by atoms with van der Waals surface area (Å²) in [6, 6.07) is 3.71. The fourth-order valence-corrected chi connectivity index (χ4v) is 3.52. The van der Waals surface area contributed by atoms with Crippen LogP contribution in [-0.2, 0) is 14.3 Å². The van der Waals surface area contributed by atoms with Crippen molar-refractivity contribution in [2.45, 2.75) is 52.4 Å². The van der Waals surface area contributed by atoms with Crippen molar-refractivity contribution in [3.05, 3.63) is 46.2 Å². The molecule has 0 saturated heterocycles. The standard InChI is InChI=1S/C19H23NO4/c1-4-12-17(19(22)23-5-2)18(15-10-9-11(3)24-15)16-13(20-12)7-6-8-14(16)21/h9-10,18,20H,4-8H2,1-3H3. The van der Waals surface area contributed by atoms with Crippen molar-refractivity contribution in [2.75, 3.05) is 6.61 Å². The van der Waals surface area contributed by atoms with Crippen molar-refractivity contribution in [1.29, 1.82) is 0 Å². The molecule has 1 aliphatic carbocycles. The molecule has 1 atom stereocenters. The summed E-state index contributed by atoms with van der Waals surface area (Å²) in [4.78, 5) is 25.3. The Morgan fingerprint density at radius 2 is 2.12 bits per heavy atom. The van der Waals surface area contributed by atoms with Gasteiger partial charge < -0.3 is 14.5 Å². The molecule has 0 amide bonds. The molecule has 0 aromatic carbocycles. The summed E-state index contributed by atoms with van der Waals surface area (Å²) in [5, 5.41) is 3.33. The highest BCUT2D eigenvalue weighted by atomic mass is 16.5. The van der Waals surface area contributed by atoms with E-state index in [1.165, 1.54) is 0 Å².